The molecule has 0 saturated heterocycles. The zero-order chi connectivity index (χ0) is 18.6. The van der Waals surface area contributed by atoms with Gasteiger partial charge in [-0.05, 0) is 26.9 Å². The Hall–Kier alpha value is 0.194. The van der Waals surface area contributed by atoms with Gasteiger partial charge in [-0.25, -0.2) is 0 Å². The summed E-state index contributed by atoms with van der Waals surface area (Å²) in [6.07, 6.45) is -0.167. The van der Waals surface area contributed by atoms with E-state index in [1.54, 1.807) is 13.8 Å². The third-order valence-electron chi connectivity index (χ3n) is 1.08. The zero-order valence-electron chi connectivity index (χ0n) is 14.0. The predicted molar refractivity (Wildman–Crippen MR) is 87.0 cm³/mol. The third kappa shape index (κ3) is 144. The Bertz CT molecular complexity index is 123. The van der Waals surface area contributed by atoms with Crippen molar-refractivity contribution >= 4 is 0 Å². The standard InChI is InChI=1S/C3H10N2O.2C3H9N2.C3H8O.O.Ti/c4-1-2-5-3-6;2*1-5-3-2-4;1-3(2)4;;/h5-6H,1-4H2;2*5H,1-4H2;3-4H,1-2H3;;/q;2*-1;;;+2. The van der Waals surface area contributed by atoms with Crippen molar-refractivity contribution in [1.82, 2.24) is 16.0 Å². The van der Waals surface area contributed by atoms with Gasteiger partial charge in [-0.15, -0.1) is 0 Å². The van der Waals surface area contributed by atoms with Crippen LogP contribution in [0.15, 0.2) is 0 Å². The minimum absolute atomic E-state index is 0.0250. The van der Waals surface area contributed by atoms with Crippen LogP contribution in [0.1, 0.15) is 13.8 Å². The van der Waals surface area contributed by atoms with E-state index in [0.29, 0.717) is 26.2 Å². The number of nitrogens with two attached hydrogens (primary N) is 3. The van der Waals surface area contributed by atoms with Crippen LogP contribution in [0.25, 0.3) is 0 Å². The molecule has 0 fully saturated rings. The fraction of sp³-hybridized carbons (Fsp3) is 0.833. The van der Waals surface area contributed by atoms with Gasteiger partial charge in [0.15, 0.2) is 0 Å². The van der Waals surface area contributed by atoms with Crippen molar-refractivity contribution in [3.63, 3.8) is 0 Å². The minimum atomic E-state index is -0.167. The van der Waals surface area contributed by atoms with Crippen molar-refractivity contribution in [2.45, 2.75) is 20.0 Å². The van der Waals surface area contributed by atoms with Crippen LogP contribution >= 0.6 is 0 Å². The van der Waals surface area contributed by atoms with Crippen LogP contribution in [0.2, 0.25) is 0 Å². The SMILES string of the molecule is CC(C)O.NCCNCO.[CH2-]NCCN.[CH2-]NCCN.[O]=[Ti+2]. The first-order chi connectivity index (χ1) is 10.5. The van der Waals surface area contributed by atoms with Crippen LogP contribution in [-0.4, -0.2) is 62.3 Å². The van der Waals surface area contributed by atoms with Crippen LogP contribution < -0.4 is 33.2 Å². The Morgan fingerprint density at radius 2 is 1.23 bits per heavy atom. The van der Waals surface area contributed by atoms with Gasteiger partial charge in [0.2, 0.25) is 0 Å². The molecule has 0 rings (SSSR count). The first-order valence-electron chi connectivity index (χ1n) is 6.78. The second kappa shape index (κ2) is 49.6. The van der Waals surface area contributed by atoms with Gasteiger partial charge >= 0.3 is 23.7 Å². The van der Waals surface area contributed by atoms with Gasteiger partial charge in [-0.1, -0.05) is 0 Å². The van der Waals surface area contributed by atoms with Gasteiger partial charge in [0.1, 0.15) is 0 Å². The van der Waals surface area contributed by atoms with Crippen molar-refractivity contribution in [3.8, 4) is 0 Å². The fourth-order valence-electron chi connectivity index (χ4n) is 0.385. The molecule has 0 unspecified atom stereocenters. The van der Waals surface area contributed by atoms with Crippen molar-refractivity contribution in [3.05, 3.63) is 14.1 Å². The molecule has 10 heteroatoms. The molecule has 0 aromatic rings. The molecule has 0 aliphatic rings. The van der Waals surface area contributed by atoms with Gasteiger partial charge in [0.25, 0.3) is 0 Å². The van der Waals surface area contributed by atoms with Crippen molar-refractivity contribution < 1.29 is 33.9 Å². The quantitative estimate of drug-likeness (QED) is 0.105. The summed E-state index contributed by atoms with van der Waals surface area (Å²) in [5, 5.41) is 24.0. The van der Waals surface area contributed by atoms with E-state index in [4.69, 9.17) is 30.7 Å². The molecule has 0 atom stereocenters. The molecule has 0 aromatic heterocycles. The maximum atomic E-state index is 8.25. The van der Waals surface area contributed by atoms with Gasteiger partial charge in [0, 0.05) is 32.3 Å². The summed E-state index contributed by atoms with van der Waals surface area (Å²) in [6.45, 7) is 7.70. The Morgan fingerprint density at radius 1 is 0.955 bits per heavy atom. The summed E-state index contributed by atoms with van der Waals surface area (Å²) >= 11 is 0.750. The molecule has 9 nitrogen and oxygen atoms in total. The molecule has 0 aliphatic heterocycles. The van der Waals surface area contributed by atoms with E-state index < -0.39 is 0 Å². The molecule has 0 bridgehead atoms. The summed E-state index contributed by atoms with van der Waals surface area (Å²) < 4.78 is 8.25. The van der Waals surface area contributed by atoms with Crippen LogP contribution in [0.3, 0.4) is 0 Å². The van der Waals surface area contributed by atoms with E-state index in [9.17, 15) is 0 Å². The topological polar surface area (TPSA) is 172 Å². The normalized spacial score (nSPS) is 8.18. The third-order valence-corrected chi connectivity index (χ3v) is 1.08. The average molecular weight is 360 g/mol. The van der Waals surface area contributed by atoms with Crippen LogP contribution in [0, 0.1) is 14.1 Å². The average Bonchev–Trinajstić information content (AvgIpc) is 2.49. The van der Waals surface area contributed by atoms with E-state index in [0.717, 1.165) is 33.5 Å². The summed E-state index contributed by atoms with van der Waals surface area (Å²) in [7, 11) is 6.69. The Balaban J connectivity index is -0.0000000567. The molecule has 0 aromatic carbocycles. The summed E-state index contributed by atoms with van der Waals surface area (Å²) in [4.78, 5) is 0. The molecule has 136 valence electrons. The van der Waals surface area contributed by atoms with Crippen molar-refractivity contribution in [2.24, 2.45) is 17.2 Å². The number of aliphatic hydroxyl groups is 2. The maximum absolute atomic E-state index is 8.25. The van der Waals surface area contributed by atoms with Gasteiger partial charge < -0.3 is 38.0 Å². The molecule has 11 N–H and O–H groups in total. The van der Waals surface area contributed by atoms with Gasteiger partial charge in [-0.3, -0.25) is 19.4 Å². The number of hydrogen-bond acceptors (Lipinski definition) is 9. The van der Waals surface area contributed by atoms with E-state index in [1.807, 2.05) is 0 Å². The van der Waals surface area contributed by atoms with Gasteiger partial charge in [-0.2, -0.15) is 0 Å². The van der Waals surface area contributed by atoms with Gasteiger partial charge in [0.05, 0.1) is 6.73 Å². The van der Waals surface area contributed by atoms with E-state index in [2.05, 4.69) is 30.0 Å². The number of hydrogen-bond donors (Lipinski definition) is 8. The van der Waals surface area contributed by atoms with E-state index in [-0.39, 0.29) is 12.8 Å². The molecule has 0 radical (unpaired) electrons. The Morgan fingerprint density at radius 3 is 1.27 bits per heavy atom. The molecule has 0 amide bonds. The molecule has 22 heavy (non-hydrogen) atoms. The second-order valence-corrected chi connectivity index (χ2v) is 3.62. The summed E-state index contributed by atoms with van der Waals surface area (Å²) in [5.74, 6) is 0. The Kier molecular flexibility index (Phi) is 76.1. The summed E-state index contributed by atoms with van der Waals surface area (Å²) in [6, 6.07) is 0. The summed E-state index contributed by atoms with van der Waals surface area (Å²) in [5.41, 5.74) is 15.1. The molecular formula is C12H36N6O3Ti. The van der Waals surface area contributed by atoms with Crippen LogP contribution in [-0.2, 0) is 23.7 Å². The van der Waals surface area contributed by atoms with Crippen LogP contribution in [0.4, 0.5) is 0 Å². The van der Waals surface area contributed by atoms with E-state index in [1.165, 1.54) is 0 Å². The van der Waals surface area contributed by atoms with Crippen molar-refractivity contribution in [2.75, 3.05) is 46.0 Å². The fourth-order valence-corrected chi connectivity index (χ4v) is 0.385. The van der Waals surface area contributed by atoms with Crippen molar-refractivity contribution in [1.29, 1.82) is 0 Å². The second-order valence-electron chi connectivity index (χ2n) is 3.62. The first kappa shape index (κ1) is 33.7. The number of aliphatic hydroxyl groups excluding tert-OH is 2. The predicted octanol–water partition coefficient (Wildman–Crippen LogP) is -2.60. The molecule has 0 aliphatic carbocycles. The van der Waals surface area contributed by atoms with E-state index >= 15 is 0 Å². The monoisotopic (exact) mass is 360 g/mol. The number of rotatable bonds is 7. The Labute approximate surface area is 147 Å². The first-order valence-corrected chi connectivity index (χ1v) is 7.42. The number of nitrogens with one attached hydrogen (secondary N) is 3. The molecule has 0 heterocycles. The molecule has 0 saturated carbocycles. The molecule has 0 spiro atoms. The van der Waals surface area contributed by atoms with Crippen LogP contribution in [0.5, 0.6) is 0 Å². The zero-order valence-corrected chi connectivity index (χ0v) is 15.5. The molecular weight excluding hydrogens is 324 g/mol.